The number of carbonyl (C=O) groups excluding carboxylic acids is 1. The van der Waals surface area contributed by atoms with Crippen LogP contribution >= 0.6 is 27.5 Å². The Bertz CT molecular complexity index is 920. The summed E-state index contributed by atoms with van der Waals surface area (Å²) in [5.74, 6) is 0.000193. The van der Waals surface area contributed by atoms with E-state index < -0.39 is 0 Å². The maximum atomic E-state index is 11.1. The molecule has 0 bridgehead atoms. The van der Waals surface area contributed by atoms with Crippen molar-refractivity contribution in [2.45, 2.75) is 32.7 Å². The maximum absolute atomic E-state index is 11.1. The van der Waals surface area contributed by atoms with Crippen LogP contribution in [-0.2, 0) is 24.2 Å². The number of rotatable bonds is 7. The van der Waals surface area contributed by atoms with Gasteiger partial charge in [0.2, 0.25) is 5.91 Å². The van der Waals surface area contributed by atoms with Crippen molar-refractivity contribution in [2.75, 3.05) is 6.54 Å². The average molecular weight is 434 g/mol. The van der Waals surface area contributed by atoms with Crippen molar-refractivity contribution in [2.24, 2.45) is 0 Å². The minimum atomic E-state index is 0.000193. The van der Waals surface area contributed by atoms with Crippen molar-refractivity contribution in [3.8, 4) is 0 Å². The highest BCUT2D eigenvalue weighted by molar-refractivity contribution is 9.10. The van der Waals surface area contributed by atoms with Crippen LogP contribution in [0.1, 0.15) is 24.5 Å². The van der Waals surface area contributed by atoms with Crippen molar-refractivity contribution >= 4 is 44.3 Å². The highest BCUT2D eigenvalue weighted by Gasteiger charge is 2.10. The van der Waals surface area contributed by atoms with E-state index in [2.05, 4.69) is 56.3 Å². The zero-order valence-corrected chi connectivity index (χ0v) is 17.1. The Labute approximate surface area is 167 Å². The minimum Gasteiger partial charge on any atom is -0.356 e. The number of nitrogens with zero attached hydrogens (tertiary/aromatic N) is 1. The van der Waals surface area contributed by atoms with Crippen LogP contribution in [0.3, 0.4) is 0 Å². The Balaban J connectivity index is 1.75. The van der Waals surface area contributed by atoms with Crippen LogP contribution in [0.2, 0.25) is 5.02 Å². The molecule has 0 saturated heterocycles. The molecular weight excluding hydrogens is 412 g/mol. The van der Waals surface area contributed by atoms with Crippen LogP contribution in [0.5, 0.6) is 0 Å². The number of aryl methyl sites for hydroxylation is 2. The first kappa shape index (κ1) is 19.0. The number of carbonyl (C=O) groups is 1. The zero-order valence-electron chi connectivity index (χ0n) is 14.8. The van der Waals surface area contributed by atoms with E-state index in [9.17, 15) is 4.79 Å². The van der Waals surface area contributed by atoms with Gasteiger partial charge in [-0.3, -0.25) is 4.79 Å². The third-order valence-corrected chi connectivity index (χ3v) is 5.51. The summed E-state index contributed by atoms with van der Waals surface area (Å²) in [6, 6.07) is 14.4. The van der Waals surface area contributed by atoms with E-state index >= 15 is 0 Å². The first-order valence-corrected chi connectivity index (χ1v) is 9.97. The van der Waals surface area contributed by atoms with Gasteiger partial charge in [0, 0.05) is 46.6 Å². The number of nitrogens with one attached hydrogen (secondary N) is 1. The van der Waals surface area contributed by atoms with Crippen molar-refractivity contribution in [1.29, 1.82) is 0 Å². The second-order valence-electron chi connectivity index (χ2n) is 6.44. The molecule has 1 N–H and O–H groups in total. The molecule has 0 aliphatic rings. The number of fused-ring (bicyclic) bond motifs is 1. The lowest BCUT2D eigenvalue weighted by Gasteiger charge is -2.07. The molecule has 0 radical (unpaired) electrons. The molecule has 0 aliphatic carbocycles. The number of hydrogen-bond acceptors (Lipinski definition) is 1. The summed E-state index contributed by atoms with van der Waals surface area (Å²) >= 11 is 9.82. The van der Waals surface area contributed by atoms with E-state index in [-0.39, 0.29) is 5.91 Å². The molecule has 0 fully saturated rings. The second kappa shape index (κ2) is 8.74. The Morgan fingerprint density at radius 3 is 2.73 bits per heavy atom. The van der Waals surface area contributed by atoms with Gasteiger partial charge >= 0.3 is 0 Å². The van der Waals surface area contributed by atoms with Crippen LogP contribution in [-0.4, -0.2) is 17.0 Å². The van der Waals surface area contributed by atoms with Gasteiger partial charge in [0.15, 0.2) is 0 Å². The lowest BCUT2D eigenvalue weighted by Crippen LogP contribution is -2.22. The molecule has 3 aromatic rings. The van der Waals surface area contributed by atoms with Crippen molar-refractivity contribution in [3.05, 3.63) is 69.3 Å². The predicted molar refractivity (Wildman–Crippen MR) is 112 cm³/mol. The van der Waals surface area contributed by atoms with Gasteiger partial charge in [-0.2, -0.15) is 0 Å². The Hall–Kier alpha value is -1.78. The van der Waals surface area contributed by atoms with Crippen LogP contribution in [0.25, 0.3) is 10.9 Å². The quantitative estimate of drug-likeness (QED) is 0.534. The molecule has 0 saturated carbocycles. The number of hydrogen-bond donors (Lipinski definition) is 1. The second-order valence-corrected chi connectivity index (χ2v) is 7.73. The van der Waals surface area contributed by atoms with Crippen LogP contribution < -0.4 is 5.32 Å². The smallest absolute Gasteiger partial charge is 0.216 e. The van der Waals surface area contributed by atoms with E-state index in [0.717, 1.165) is 30.8 Å². The molecule has 0 atom stereocenters. The van der Waals surface area contributed by atoms with Gasteiger partial charge in [-0.1, -0.05) is 45.7 Å². The molecule has 136 valence electrons. The average Bonchev–Trinajstić information content (AvgIpc) is 2.93. The van der Waals surface area contributed by atoms with Gasteiger partial charge in [0.1, 0.15) is 0 Å². The molecule has 3 nitrogen and oxygen atoms in total. The molecule has 0 spiro atoms. The van der Waals surface area contributed by atoms with Gasteiger partial charge in [0.25, 0.3) is 0 Å². The van der Waals surface area contributed by atoms with E-state index in [1.807, 2.05) is 18.2 Å². The molecule has 0 unspecified atom stereocenters. The van der Waals surface area contributed by atoms with Crippen LogP contribution in [0.15, 0.2) is 53.1 Å². The van der Waals surface area contributed by atoms with Gasteiger partial charge in [-0.15, -0.1) is 0 Å². The SMILES string of the molecule is CC(=O)NCCc1cn(CCCc2ccccc2Br)c2ccc(Cl)cc12. The number of halogens is 2. The van der Waals surface area contributed by atoms with E-state index in [1.54, 1.807) is 6.92 Å². The standard InChI is InChI=1S/C21H22BrClN2O/c1-15(26)24-11-10-17-14-25(21-9-8-18(23)13-19(17)21)12-4-6-16-5-2-3-7-20(16)22/h2-3,5,7-9,13-14H,4,6,10-12H2,1H3,(H,24,26). The van der Waals surface area contributed by atoms with Crippen LogP contribution in [0.4, 0.5) is 0 Å². The molecule has 26 heavy (non-hydrogen) atoms. The lowest BCUT2D eigenvalue weighted by atomic mass is 10.1. The fraction of sp³-hybridized carbons (Fsp3) is 0.286. The number of aromatic nitrogens is 1. The molecule has 5 heteroatoms. The molecule has 1 heterocycles. The maximum Gasteiger partial charge on any atom is 0.216 e. The van der Waals surface area contributed by atoms with Gasteiger partial charge < -0.3 is 9.88 Å². The molecule has 1 aromatic heterocycles. The molecule has 1 amide bonds. The summed E-state index contributed by atoms with van der Waals surface area (Å²) in [7, 11) is 0. The third kappa shape index (κ3) is 4.68. The summed E-state index contributed by atoms with van der Waals surface area (Å²) in [5, 5.41) is 4.78. The number of benzene rings is 2. The fourth-order valence-electron chi connectivity index (χ4n) is 3.24. The van der Waals surface area contributed by atoms with Gasteiger partial charge in [0.05, 0.1) is 0 Å². The lowest BCUT2D eigenvalue weighted by molar-refractivity contribution is -0.118. The van der Waals surface area contributed by atoms with Crippen LogP contribution in [0, 0.1) is 0 Å². The summed E-state index contributed by atoms with van der Waals surface area (Å²) in [4.78, 5) is 11.1. The Morgan fingerprint density at radius 2 is 1.96 bits per heavy atom. The number of amides is 1. The molecule has 2 aromatic carbocycles. The van der Waals surface area contributed by atoms with Crippen molar-refractivity contribution in [1.82, 2.24) is 9.88 Å². The highest BCUT2D eigenvalue weighted by atomic mass is 79.9. The topological polar surface area (TPSA) is 34.0 Å². The van der Waals surface area contributed by atoms with E-state index in [4.69, 9.17) is 11.6 Å². The fourth-order valence-corrected chi connectivity index (χ4v) is 3.90. The van der Waals surface area contributed by atoms with E-state index in [1.165, 1.54) is 26.5 Å². The molecule has 0 aliphatic heterocycles. The largest absolute Gasteiger partial charge is 0.356 e. The first-order chi connectivity index (χ1) is 12.5. The van der Waals surface area contributed by atoms with Gasteiger partial charge in [-0.25, -0.2) is 0 Å². The minimum absolute atomic E-state index is 0.000193. The molecular formula is C21H22BrClN2O. The summed E-state index contributed by atoms with van der Waals surface area (Å²) in [6.45, 7) is 3.12. The Morgan fingerprint density at radius 1 is 1.15 bits per heavy atom. The predicted octanol–water partition coefficient (Wildman–Crippen LogP) is 5.37. The normalized spacial score (nSPS) is 11.0. The van der Waals surface area contributed by atoms with Crippen molar-refractivity contribution in [3.63, 3.8) is 0 Å². The van der Waals surface area contributed by atoms with Crippen molar-refractivity contribution < 1.29 is 4.79 Å². The Kier molecular flexibility index (Phi) is 6.38. The first-order valence-electron chi connectivity index (χ1n) is 8.79. The monoisotopic (exact) mass is 432 g/mol. The van der Waals surface area contributed by atoms with E-state index in [0.29, 0.717) is 6.54 Å². The zero-order chi connectivity index (χ0) is 18.5. The third-order valence-electron chi connectivity index (χ3n) is 4.50. The highest BCUT2D eigenvalue weighted by Crippen LogP contribution is 2.26. The van der Waals surface area contributed by atoms with Gasteiger partial charge in [-0.05, 0) is 54.7 Å². The summed E-state index contributed by atoms with van der Waals surface area (Å²) in [5.41, 5.74) is 3.74. The summed E-state index contributed by atoms with van der Waals surface area (Å²) in [6.07, 6.45) is 5.08. The molecule has 3 rings (SSSR count). The summed E-state index contributed by atoms with van der Waals surface area (Å²) < 4.78 is 3.46.